The van der Waals surface area contributed by atoms with E-state index in [2.05, 4.69) is 0 Å². The quantitative estimate of drug-likeness (QED) is 0.621. The Kier molecular flexibility index (Phi) is 4.03. The zero-order valence-corrected chi connectivity index (χ0v) is 13.4. The Bertz CT molecular complexity index is 679. The van der Waals surface area contributed by atoms with Crippen LogP contribution in [0.5, 0.6) is 0 Å². The molecule has 0 unspecified atom stereocenters. The van der Waals surface area contributed by atoms with Gasteiger partial charge in [0.25, 0.3) is 17.7 Å². The fourth-order valence-corrected chi connectivity index (χ4v) is 3.16. The van der Waals surface area contributed by atoms with Crippen molar-refractivity contribution in [1.82, 2.24) is 9.80 Å². The second kappa shape index (κ2) is 5.99. The van der Waals surface area contributed by atoms with Gasteiger partial charge in [0.05, 0.1) is 0 Å². The van der Waals surface area contributed by atoms with E-state index in [-0.39, 0.29) is 23.4 Å². The van der Waals surface area contributed by atoms with Gasteiger partial charge in [0.1, 0.15) is 11.7 Å². The van der Waals surface area contributed by atoms with Gasteiger partial charge in [-0.2, -0.15) is 0 Å². The Morgan fingerprint density at radius 2 is 1.91 bits per heavy atom. The minimum Gasteiger partial charge on any atom is -0.325 e. The van der Waals surface area contributed by atoms with Gasteiger partial charge < -0.3 is 4.90 Å². The predicted octanol–water partition coefficient (Wildman–Crippen LogP) is 2.20. The molecule has 5 nitrogen and oxygen atoms in total. The average molecular weight is 312 g/mol. The Morgan fingerprint density at radius 3 is 2.57 bits per heavy atom. The van der Waals surface area contributed by atoms with Gasteiger partial charge >= 0.3 is 0 Å². The number of rotatable bonds is 2. The van der Waals surface area contributed by atoms with Crippen LogP contribution in [0.15, 0.2) is 42.1 Å². The first kappa shape index (κ1) is 15.5. The maximum atomic E-state index is 12.8. The number of carbonyl (C=O) groups is 3. The third-order valence-electron chi connectivity index (χ3n) is 4.19. The number of hydrogen-bond acceptors (Lipinski definition) is 3. The summed E-state index contributed by atoms with van der Waals surface area (Å²) < 4.78 is 0. The van der Waals surface area contributed by atoms with Crippen molar-refractivity contribution in [3.8, 4) is 0 Å². The lowest BCUT2D eigenvalue weighted by molar-refractivity contribution is -0.146. The largest absolute Gasteiger partial charge is 0.325 e. The van der Waals surface area contributed by atoms with E-state index in [4.69, 9.17) is 0 Å². The average Bonchev–Trinajstić information content (AvgIpc) is 3.03. The lowest BCUT2D eigenvalue weighted by Gasteiger charge is -2.37. The molecule has 1 atom stereocenters. The summed E-state index contributed by atoms with van der Waals surface area (Å²) in [4.78, 5) is 41.1. The highest BCUT2D eigenvalue weighted by Crippen LogP contribution is 2.30. The van der Waals surface area contributed by atoms with E-state index >= 15 is 0 Å². The van der Waals surface area contributed by atoms with Crippen molar-refractivity contribution in [2.75, 3.05) is 6.54 Å². The topological polar surface area (TPSA) is 57.7 Å². The molecule has 2 aliphatic heterocycles. The molecule has 0 saturated carbocycles. The van der Waals surface area contributed by atoms with Crippen molar-refractivity contribution in [1.29, 1.82) is 0 Å². The summed E-state index contributed by atoms with van der Waals surface area (Å²) in [5.74, 6) is -0.873. The van der Waals surface area contributed by atoms with Crippen LogP contribution in [0.2, 0.25) is 0 Å². The van der Waals surface area contributed by atoms with Gasteiger partial charge in [-0.3, -0.25) is 14.4 Å². The van der Waals surface area contributed by atoms with Crippen molar-refractivity contribution in [2.24, 2.45) is 5.92 Å². The molecule has 0 aromatic heterocycles. The Balaban J connectivity index is 2.05. The van der Waals surface area contributed by atoms with Crippen LogP contribution in [0.1, 0.15) is 37.0 Å². The molecule has 0 radical (unpaired) electrons. The second-order valence-corrected chi connectivity index (χ2v) is 6.30. The lowest BCUT2D eigenvalue weighted by atomic mass is 10.0. The van der Waals surface area contributed by atoms with Crippen LogP contribution in [0.4, 0.5) is 0 Å². The highest BCUT2D eigenvalue weighted by atomic mass is 16.2. The molecular weight excluding hydrogens is 292 g/mol. The van der Waals surface area contributed by atoms with Crippen LogP contribution in [-0.2, 0) is 9.59 Å². The van der Waals surface area contributed by atoms with E-state index in [1.807, 2.05) is 19.9 Å². The molecule has 0 N–H and O–H groups in total. The summed E-state index contributed by atoms with van der Waals surface area (Å²) in [6.07, 6.45) is 3.12. The van der Waals surface area contributed by atoms with Crippen LogP contribution < -0.4 is 0 Å². The lowest BCUT2D eigenvalue weighted by Crippen LogP contribution is -2.57. The summed E-state index contributed by atoms with van der Waals surface area (Å²) in [5.41, 5.74) is 0.603. The van der Waals surface area contributed by atoms with Crippen molar-refractivity contribution in [2.45, 2.75) is 32.7 Å². The minimum atomic E-state index is -0.500. The van der Waals surface area contributed by atoms with E-state index in [1.54, 1.807) is 35.2 Å². The number of imide groups is 1. The molecule has 2 heterocycles. The standard InChI is InChI=1S/C18H20N2O3/c1-12(2)11-15-17(22)19-10-6-9-14(19)18(23)20(15)16(21)13-7-4-3-5-8-13/h3-5,7-8,11-12,14H,6,9-10H2,1-2H3/b15-11+/t14-/m0/s1. The number of nitrogens with zero attached hydrogens (tertiary/aromatic N) is 2. The van der Waals surface area contributed by atoms with Gasteiger partial charge in [-0.05, 0) is 30.9 Å². The first-order valence-electron chi connectivity index (χ1n) is 7.97. The number of allylic oxidation sites excluding steroid dienone is 1. The first-order valence-corrected chi connectivity index (χ1v) is 7.97. The summed E-state index contributed by atoms with van der Waals surface area (Å²) in [6.45, 7) is 4.43. The maximum absolute atomic E-state index is 12.8. The molecule has 1 aromatic carbocycles. The molecule has 1 aromatic rings. The predicted molar refractivity (Wildman–Crippen MR) is 85.3 cm³/mol. The summed E-state index contributed by atoms with van der Waals surface area (Å²) in [6, 6.07) is 8.12. The molecule has 2 saturated heterocycles. The van der Waals surface area contributed by atoms with E-state index in [9.17, 15) is 14.4 Å². The summed E-state index contributed by atoms with van der Waals surface area (Å²) in [7, 11) is 0. The molecule has 3 rings (SSSR count). The Hall–Kier alpha value is -2.43. The molecule has 120 valence electrons. The molecule has 0 bridgehead atoms. The molecule has 23 heavy (non-hydrogen) atoms. The first-order chi connectivity index (χ1) is 11.0. The highest BCUT2D eigenvalue weighted by molar-refractivity contribution is 6.16. The zero-order valence-electron chi connectivity index (χ0n) is 13.4. The molecule has 2 fully saturated rings. The smallest absolute Gasteiger partial charge is 0.271 e. The van der Waals surface area contributed by atoms with Crippen molar-refractivity contribution >= 4 is 17.7 Å². The van der Waals surface area contributed by atoms with Gasteiger partial charge in [0.2, 0.25) is 0 Å². The van der Waals surface area contributed by atoms with Gasteiger partial charge in [0, 0.05) is 12.1 Å². The third-order valence-corrected chi connectivity index (χ3v) is 4.19. The van der Waals surface area contributed by atoms with Crippen LogP contribution in [0.3, 0.4) is 0 Å². The second-order valence-electron chi connectivity index (χ2n) is 6.30. The van der Waals surface area contributed by atoms with Gasteiger partial charge in [-0.25, -0.2) is 4.90 Å². The summed E-state index contributed by atoms with van der Waals surface area (Å²) in [5, 5.41) is 0. The van der Waals surface area contributed by atoms with Gasteiger partial charge in [-0.1, -0.05) is 38.1 Å². The monoisotopic (exact) mass is 312 g/mol. The molecular formula is C18H20N2O3. The molecule has 5 heteroatoms. The van der Waals surface area contributed by atoms with Crippen LogP contribution in [0, 0.1) is 5.92 Å². The normalized spacial score (nSPS) is 22.9. The van der Waals surface area contributed by atoms with Crippen LogP contribution in [0.25, 0.3) is 0 Å². The number of hydrogen-bond donors (Lipinski definition) is 0. The maximum Gasteiger partial charge on any atom is 0.271 e. The molecule has 2 aliphatic rings. The van der Waals surface area contributed by atoms with E-state index in [0.29, 0.717) is 18.5 Å². The third kappa shape index (κ3) is 2.67. The SMILES string of the molecule is CC(C)/C=C1\C(=O)N2CCC[C@H]2C(=O)N1C(=O)c1ccccc1. The number of piperazine rings is 1. The number of fused-ring (bicyclic) bond motifs is 1. The van der Waals surface area contributed by atoms with Crippen LogP contribution in [-0.4, -0.2) is 40.1 Å². The highest BCUT2D eigenvalue weighted by Gasteiger charge is 2.47. The van der Waals surface area contributed by atoms with Gasteiger partial charge in [0.15, 0.2) is 0 Å². The van der Waals surface area contributed by atoms with E-state index < -0.39 is 11.9 Å². The number of benzene rings is 1. The number of carbonyl (C=O) groups excluding carboxylic acids is 3. The van der Waals surface area contributed by atoms with Crippen LogP contribution >= 0.6 is 0 Å². The molecule has 0 spiro atoms. The van der Waals surface area contributed by atoms with E-state index in [0.717, 1.165) is 11.3 Å². The molecule has 0 aliphatic carbocycles. The number of amides is 3. The Morgan fingerprint density at radius 1 is 1.22 bits per heavy atom. The fourth-order valence-electron chi connectivity index (χ4n) is 3.16. The van der Waals surface area contributed by atoms with Crippen molar-refractivity contribution in [3.63, 3.8) is 0 Å². The fraction of sp³-hybridized carbons (Fsp3) is 0.389. The van der Waals surface area contributed by atoms with Gasteiger partial charge in [-0.15, -0.1) is 0 Å². The Labute approximate surface area is 135 Å². The summed E-state index contributed by atoms with van der Waals surface area (Å²) >= 11 is 0. The zero-order chi connectivity index (χ0) is 16.6. The van der Waals surface area contributed by atoms with Crippen molar-refractivity contribution in [3.05, 3.63) is 47.7 Å². The van der Waals surface area contributed by atoms with E-state index in [1.165, 1.54) is 0 Å². The molecule has 3 amide bonds. The minimum absolute atomic E-state index is 0.0620. The van der Waals surface area contributed by atoms with Crippen molar-refractivity contribution < 1.29 is 14.4 Å².